The first-order valence-corrected chi connectivity index (χ1v) is 6.99. The van der Waals surface area contributed by atoms with Crippen LogP contribution in [-0.2, 0) is 6.54 Å². The van der Waals surface area contributed by atoms with Crippen molar-refractivity contribution < 1.29 is 0 Å². The Kier molecular flexibility index (Phi) is 4.57. The Balaban J connectivity index is 1.79. The van der Waals surface area contributed by atoms with Crippen LogP contribution >= 0.6 is 0 Å². The van der Waals surface area contributed by atoms with E-state index < -0.39 is 0 Å². The van der Waals surface area contributed by atoms with Crippen LogP contribution in [0.1, 0.15) is 19.4 Å². The zero-order valence-electron chi connectivity index (χ0n) is 12.0. The molecular weight excluding hydrogens is 234 g/mol. The molecule has 0 saturated carbocycles. The number of nitrogens with zero attached hydrogens (tertiary/aromatic N) is 3. The third kappa shape index (κ3) is 4.34. The highest BCUT2D eigenvalue weighted by Gasteiger charge is 2.24. The monoisotopic (exact) mass is 257 g/mol. The van der Waals surface area contributed by atoms with Crippen molar-refractivity contribution in [3.63, 3.8) is 0 Å². The highest BCUT2D eigenvalue weighted by molar-refractivity contribution is 5.14. The van der Waals surface area contributed by atoms with E-state index in [4.69, 9.17) is 5.26 Å². The first-order valence-electron chi connectivity index (χ1n) is 6.99. The lowest BCUT2D eigenvalue weighted by Gasteiger charge is -2.37. The van der Waals surface area contributed by atoms with Crippen molar-refractivity contribution in [1.82, 2.24) is 9.80 Å². The van der Waals surface area contributed by atoms with Crippen LogP contribution in [0.5, 0.6) is 0 Å². The van der Waals surface area contributed by atoms with E-state index in [1.165, 1.54) is 5.56 Å². The summed E-state index contributed by atoms with van der Waals surface area (Å²) in [5.74, 6) is 0. The number of benzene rings is 1. The minimum absolute atomic E-state index is 0.235. The summed E-state index contributed by atoms with van der Waals surface area (Å²) in [6, 6.07) is 13.0. The maximum Gasteiger partial charge on any atom is 0.0697 e. The van der Waals surface area contributed by atoms with Crippen molar-refractivity contribution in [3.05, 3.63) is 35.9 Å². The van der Waals surface area contributed by atoms with Crippen molar-refractivity contribution >= 4 is 0 Å². The molecular formula is C16H23N3. The molecule has 2 rings (SSSR count). The minimum Gasteiger partial charge on any atom is -0.299 e. The van der Waals surface area contributed by atoms with Crippen molar-refractivity contribution in [2.45, 2.75) is 20.4 Å². The molecule has 0 spiro atoms. The van der Waals surface area contributed by atoms with Gasteiger partial charge in [0.05, 0.1) is 11.5 Å². The quantitative estimate of drug-likeness (QED) is 0.829. The van der Waals surface area contributed by atoms with E-state index in [1.54, 1.807) is 0 Å². The number of nitriles is 1. The fourth-order valence-electron chi connectivity index (χ4n) is 2.54. The summed E-state index contributed by atoms with van der Waals surface area (Å²) >= 11 is 0. The average Bonchev–Trinajstić information content (AvgIpc) is 2.42. The second-order valence-corrected chi connectivity index (χ2v) is 6.03. The van der Waals surface area contributed by atoms with Crippen molar-refractivity contribution in [2.75, 3.05) is 32.7 Å². The summed E-state index contributed by atoms with van der Waals surface area (Å²) in [7, 11) is 0. The molecule has 0 amide bonds. The van der Waals surface area contributed by atoms with E-state index in [2.05, 4.69) is 46.2 Å². The standard InChI is InChI=1S/C16H23N3/c1-16(2,13-17)14-19-10-8-18(9-11-19)12-15-6-4-3-5-7-15/h3-7H,8-12,14H2,1-2H3. The van der Waals surface area contributed by atoms with Crippen LogP contribution in [0.4, 0.5) is 0 Å². The normalized spacial score (nSPS) is 18.2. The largest absolute Gasteiger partial charge is 0.299 e. The summed E-state index contributed by atoms with van der Waals surface area (Å²) in [6.07, 6.45) is 0. The summed E-state index contributed by atoms with van der Waals surface area (Å²) in [5.41, 5.74) is 1.15. The number of piperazine rings is 1. The van der Waals surface area contributed by atoms with Gasteiger partial charge in [0.2, 0.25) is 0 Å². The third-order valence-electron chi connectivity index (χ3n) is 3.64. The van der Waals surface area contributed by atoms with E-state index in [1.807, 2.05) is 13.8 Å². The van der Waals surface area contributed by atoms with Gasteiger partial charge in [0.1, 0.15) is 0 Å². The van der Waals surface area contributed by atoms with Gasteiger partial charge >= 0.3 is 0 Å². The number of hydrogen-bond acceptors (Lipinski definition) is 3. The van der Waals surface area contributed by atoms with Crippen molar-refractivity contribution in [2.24, 2.45) is 5.41 Å². The van der Waals surface area contributed by atoms with E-state index in [9.17, 15) is 0 Å². The second-order valence-electron chi connectivity index (χ2n) is 6.03. The molecule has 102 valence electrons. The van der Waals surface area contributed by atoms with Crippen LogP contribution in [0, 0.1) is 16.7 Å². The van der Waals surface area contributed by atoms with Crippen LogP contribution in [0.3, 0.4) is 0 Å². The molecule has 0 N–H and O–H groups in total. The Labute approximate surface area is 116 Å². The summed E-state index contributed by atoms with van der Waals surface area (Å²) in [6.45, 7) is 10.3. The highest BCUT2D eigenvalue weighted by atomic mass is 15.3. The Morgan fingerprint density at radius 2 is 1.63 bits per heavy atom. The summed E-state index contributed by atoms with van der Waals surface area (Å²) in [5, 5.41) is 9.08. The molecule has 0 unspecified atom stereocenters. The second kappa shape index (κ2) is 6.18. The van der Waals surface area contributed by atoms with Gasteiger partial charge in [0.15, 0.2) is 0 Å². The zero-order chi connectivity index (χ0) is 13.7. The molecule has 1 aliphatic heterocycles. The summed E-state index contributed by atoms with van der Waals surface area (Å²) < 4.78 is 0. The Hall–Kier alpha value is -1.37. The molecule has 3 heteroatoms. The number of hydrogen-bond donors (Lipinski definition) is 0. The van der Waals surface area contributed by atoms with E-state index in [0.29, 0.717) is 0 Å². The fourth-order valence-corrected chi connectivity index (χ4v) is 2.54. The molecule has 0 aromatic heterocycles. The minimum atomic E-state index is -0.235. The molecule has 1 fully saturated rings. The van der Waals surface area contributed by atoms with Gasteiger partial charge < -0.3 is 0 Å². The predicted octanol–water partition coefficient (Wildman–Crippen LogP) is 2.35. The Morgan fingerprint density at radius 3 is 2.21 bits per heavy atom. The van der Waals surface area contributed by atoms with Gasteiger partial charge in [-0.25, -0.2) is 0 Å². The van der Waals surface area contributed by atoms with Gasteiger partial charge in [-0.05, 0) is 19.4 Å². The van der Waals surface area contributed by atoms with Gasteiger partial charge in [0.25, 0.3) is 0 Å². The molecule has 1 aromatic carbocycles. The molecule has 0 bridgehead atoms. The van der Waals surface area contributed by atoms with E-state index >= 15 is 0 Å². The highest BCUT2D eigenvalue weighted by Crippen LogP contribution is 2.17. The molecule has 0 aliphatic carbocycles. The predicted molar refractivity (Wildman–Crippen MR) is 77.6 cm³/mol. The molecule has 0 radical (unpaired) electrons. The van der Waals surface area contributed by atoms with Crippen molar-refractivity contribution in [3.8, 4) is 6.07 Å². The summed E-state index contributed by atoms with van der Waals surface area (Å²) in [4.78, 5) is 4.90. The molecule has 1 aromatic rings. The lowest BCUT2D eigenvalue weighted by Crippen LogP contribution is -2.48. The van der Waals surface area contributed by atoms with Crippen molar-refractivity contribution in [1.29, 1.82) is 5.26 Å². The maximum absolute atomic E-state index is 9.08. The molecule has 3 nitrogen and oxygen atoms in total. The van der Waals surface area contributed by atoms with E-state index in [-0.39, 0.29) is 5.41 Å². The molecule has 1 aliphatic rings. The first kappa shape index (κ1) is 14.0. The average molecular weight is 257 g/mol. The maximum atomic E-state index is 9.08. The Morgan fingerprint density at radius 1 is 1.05 bits per heavy atom. The SMILES string of the molecule is CC(C)(C#N)CN1CCN(Cc2ccccc2)CC1. The molecule has 0 atom stereocenters. The zero-order valence-corrected chi connectivity index (χ0v) is 12.0. The topological polar surface area (TPSA) is 30.3 Å². The lowest BCUT2D eigenvalue weighted by molar-refractivity contribution is 0.106. The fraction of sp³-hybridized carbons (Fsp3) is 0.562. The lowest BCUT2D eigenvalue weighted by atomic mass is 9.95. The first-order chi connectivity index (χ1) is 9.09. The van der Waals surface area contributed by atoms with Crippen LogP contribution < -0.4 is 0 Å². The van der Waals surface area contributed by atoms with Crippen LogP contribution in [0.15, 0.2) is 30.3 Å². The Bertz CT molecular complexity index is 425. The number of rotatable bonds is 4. The van der Waals surface area contributed by atoms with Gasteiger partial charge in [0, 0.05) is 39.3 Å². The van der Waals surface area contributed by atoms with Gasteiger partial charge in [-0.1, -0.05) is 30.3 Å². The smallest absolute Gasteiger partial charge is 0.0697 e. The molecule has 19 heavy (non-hydrogen) atoms. The van der Waals surface area contributed by atoms with Gasteiger partial charge in [-0.2, -0.15) is 5.26 Å². The van der Waals surface area contributed by atoms with Gasteiger partial charge in [-0.3, -0.25) is 9.80 Å². The molecule has 1 heterocycles. The third-order valence-corrected chi connectivity index (χ3v) is 3.64. The van der Waals surface area contributed by atoms with Crippen LogP contribution in [0.25, 0.3) is 0 Å². The van der Waals surface area contributed by atoms with Crippen LogP contribution in [0.2, 0.25) is 0 Å². The molecule has 1 saturated heterocycles. The van der Waals surface area contributed by atoms with E-state index in [0.717, 1.165) is 39.3 Å². The van der Waals surface area contributed by atoms with Crippen LogP contribution in [-0.4, -0.2) is 42.5 Å². The van der Waals surface area contributed by atoms with Gasteiger partial charge in [-0.15, -0.1) is 0 Å².